The van der Waals surface area contributed by atoms with Gasteiger partial charge in [0, 0.05) is 42.3 Å². The molecule has 11 heteroatoms. The number of fused-ring (bicyclic) bond motifs is 3. The van der Waals surface area contributed by atoms with Crippen LogP contribution in [0.5, 0.6) is 5.75 Å². The molecular formula is C18H17F3N4O3S. The van der Waals surface area contributed by atoms with Crippen molar-refractivity contribution in [2.24, 2.45) is 0 Å². The molecule has 3 saturated heterocycles. The predicted octanol–water partition coefficient (Wildman–Crippen LogP) is 3.45. The molecule has 7 nitrogen and oxygen atoms in total. The van der Waals surface area contributed by atoms with Gasteiger partial charge in [-0.15, -0.1) is 24.5 Å². The lowest BCUT2D eigenvalue weighted by Gasteiger charge is -2.47. The molecule has 1 aromatic carbocycles. The number of nitrogens with zero attached hydrogens (tertiary/aromatic N) is 3. The molecular weight excluding hydrogens is 409 g/mol. The molecule has 2 bridgehead atoms. The first-order chi connectivity index (χ1) is 13.8. The van der Waals surface area contributed by atoms with Crippen LogP contribution in [0.15, 0.2) is 22.1 Å². The molecule has 2 N–H and O–H groups in total. The number of aromatic nitrogens is 2. The number of hydrogen-bond donors (Lipinski definition) is 2. The first kappa shape index (κ1) is 18.6. The summed E-state index contributed by atoms with van der Waals surface area (Å²) in [6.07, 6.45) is -3.48. The van der Waals surface area contributed by atoms with Crippen LogP contribution < -0.4 is 15.0 Å². The molecule has 0 spiro atoms. The molecule has 0 radical (unpaired) electrons. The molecule has 29 heavy (non-hydrogen) atoms. The summed E-state index contributed by atoms with van der Waals surface area (Å²) in [6.45, 7) is 2.70. The Kier molecular flexibility index (Phi) is 4.23. The molecule has 3 aliphatic rings. The third kappa shape index (κ3) is 3.32. The molecule has 154 valence electrons. The summed E-state index contributed by atoms with van der Waals surface area (Å²) in [5, 5.41) is 15.8. The van der Waals surface area contributed by atoms with Crippen LogP contribution in [-0.2, 0) is 0 Å². The van der Waals surface area contributed by atoms with Crippen molar-refractivity contribution < 1.29 is 27.4 Å². The van der Waals surface area contributed by atoms with E-state index >= 15 is 0 Å². The van der Waals surface area contributed by atoms with Crippen molar-refractivity contribution in [2.45, 2.75) is 37.9 Å². The topological polar surface area (TPSA) is 83.7 Å². The van der Waals surface area contributed by atoms with Crippen molar-refractivity contribution in [1.82, 2.24) is 15.3 Å². The Labute approximate surface area is 167 Å². The maximum Gasteiger partial charge on any atom is 0.573 e. The molecule has 2 aromatic heterocycles. The molecule has 0 aliphatic carbocycles. The van der Waals surface area contributed by atoms with E-state index < -0.39 is 18.2 Å². The monoisotopic (exact) mass is 426 g/mol. The van der Waals surface area contributed by atoms with E-state index in [0.29, 0.717) is 35.7 Å². The largest absolute Gasteiger partial charge is 0.573 e. The van der Waals surface area contributed by atoms with Crippen LogP contribution >= 0.6 is 11.3 Å². The Morgan fingerprint density at radius 1 is 1.38 bits per heavy atom. The van der Waals surface area contributed by atoms with Crippen LogP contribution in [0.3, 0.4) is 0 Å². The molecule has 3 fully saturated rings. The van der Waals surface area contributed by atoms with E-state index in [1.165, 1.54) is 24.3 Å². The Hall–Kier alpha value is -2.37. The highest BCUT2D eigenvalue weighted by Gasteiger charge is 2.39. The second kappa shape index (κ2) is 6.57. The number of anilines is 1. The number of halogens is 3. The minimum Gasteiger partial charge on any atom is -0.422 e. The summed E-state index contributed by atoms with van der Waals surface area (Å²) in [4.78, 5) is 10.5. The van der Waals surface area contributed by atoms with Crippen molar-refractivity contribution in [3.8, 4) is 16.3 Å². The van der Waals surface area contributed by atoms with Crippen LogP contribution in [0.1, 0.15) is 25.0 Å². The number of hydrogen-bond acceptors (Lipinski definition) is 8. The minimum absolute atomic E-state index is 0.0250. The molecule has 2 unspecified atom stereocenters. The van der Waals surface area contributed by atoms with Crippen molar-refractivity contribution in [2.75, 3.05) is 18.0 Å². The van der Waals surface area contributed by atoms with Gasteiger partial charge in [0.1, 0.15) is 5.01 Å². The number of alkyl halides is 3. The maximum absolute atomic E-state index is 13.1. The fourth-order valence-corrected chi connectivity index (χ4v) is 4.57. The summed E-state index contributed by atoms with van der Waals surface area (Å²) in [7, 11) is 0. The van der Waals surface area contributed by atoms with Gasteiger partial charge in [-0.25, -0.2) is 4.98 Å². The van der Waals surface area contributed by atoms with Gasteiger partial charge in [0.25, 0.3) is 6.01 Å². The molecule has 3 aromatic rings. The lowest BCUT2D eigenvalue weighted by Crippen LogP contribution is -2.67. The van der Waals surface area contributed by atoms with Gasteiger partial charge in [0.15, 0.2) is 16.8 Å². The zero-order valence-electron chi connectivity index (χ0n) is 15.2. The lowest BCUT2D eigenvalue weighted by atomic mass is 9.92. The molecule has 5 heterocycles. The average molecular weight is 426 g/mol. The van der Waals surface area contributed by atoms with Crippen molar-refractivity contribution in [1.29, 1.82) is 0 Å². The van der Waals surface area contributed by atoms with Crippen molar-refractivity contribution in [3.63, 3.8) is 0 Å². The van der Waals surface area contributed by atoms with Gasteiger partial charge in [-0.05, 0) is 19.4 Å². The fourth-order valence-electron chi connectivity index (χ4n) is 3.92. The number of thiazole rings is 1. The van der Waals surface area contributed by atoms with Gasteiger partial charge < -0.3 is 24.5 Å². The molecule has 0 amide bonds. The Bertz CT molecular complexity index is 1030. The van der Waals surface area contributed by atoms with Gasteiger partial charge in [0.2, 0.25) is 0 Å². The van der Waals surface area contributed by atoms with Crippen LogP contribution in [0.25, 0.3) is 21.7 Å². The standard InChI is InChI=1S/C18H17F3N4O3S/c1-8(26)11-5-12(16-22-2-3-29-16)14-13(15(11)28-18(19,20)21)24-17(27-14)25-6-9-4-10(7-25)23-9/h2-3,5,8-10,23,26H,4,6-7H2,1H3/t8-,9?,10?/m1/s1. The van der Waals surface area contributed by atoms with Gasteiger partial charge in [0.05, 0.1) is 11.7 Å². The molecule has 3 atom stereocenters. The van der Waals surface area contributed by atoms with Crippen LogP contribution in [-0.4, -0.2) is 46.6 Å². The number of aliphatic hydroxyl groups is 1. The average Bonchev–Trinajstić information content (AvgIpc) is 3.30. The number of piperidine rings is 1. The minimum atomic E-state index is -4.94. The Balaban J connectivity index is 1.71. The second-order valence-electron chi connectivity index (χ2n) is 7.28. The number of piperazine rings is 1. The maximum atomic E-state index is 13.1. The van der Waals surface area contributed by atoms with E-state index in [4.69, 9.17) is 4.42 Å². The lowest BCUT2D eigenvalue weighted by molar-refractivity contribution is -0.274. The van der Waals surface area contributed by atoms with E-state index in [1.54, 1.807) is 11.6 Å². The summed E-state index contributed by atoms with van der Waals surface area (Å²) < 4.78 is 49.6. The number of nitrogens with one attached hydrogen (secondary N) is 1. The van der Waals surface area contributed by atoms with E-state index in [-0.39, 0.29) is 22.7 Å². The smallest absolute Gasteiger partial charge is 0.422 e. The third-order valence-corrected chi connectivity index (χ3v) is 5.97. The zero-order valence-corrected chi connectivity index (χ0v) is 16.0. The number of rotatable bonds is 4. The van der Waals surface area contributed by atoms with E-state index in [0.717, 1.165) is 6.42 Å². The summed E-state index contributed by atoms with van der Waals surface area (Å²) in [5.41, 5.74) is 0.529. The number of aliphatic hydroxyl groups excluding tert-OH is 1. The summed E-state index contributed by atoms with van der Waals surface area (Å²) in [5.74, 6) is -0.543. The van der Waals surface area contributed by atoms with Crippen molar-refractivity contribution in [3.05, 3.63) is 23.2 Å². The van der Waals surface area contributed by atoms with E-state index in [1.807, 2.05) is 4.90 Å². The number of benzene rings is 1. The third-order valence-electron chi connectivity index (χ3n) is 5.16. The first-order valence-electron chi connectivity index (χ1n) is 9.10. The van der Waals surface area contributed by atoms with E-state index in [2.05, 4.69) is 20.0 Å². The predicted molar refractivity (Wildman–Crippen MR) is 100.0 cm³/mol. The SMILES string of the molecule is C[C@@H](O)c1cc(-c2nccs2)c2oc(N3CC4CC(C3)N4)nc2c1OC(F)(F)F. The van der Waals surface area contributed by atoms with Gasteiger partial charge >= 0.3 is 6.36 Å². The van der Waals surface area contributed by atoms with Crippen LogP contribution in [0.2, 0.25) is 0 Å². The van der Waals surface area contributed by atoms with Crippen molar-refractivity contribution >= 4 is 28.5 Å². The Morgan fingerprint density at radius 2 is 2.10 bits per heavy atom. The molecule has 6 rings (SSSR count). The van der Waals surface area contributed by atoms with Crippen LogP contribution in [0, 0.1) is 0 Å². The Morgan fingerprint density at radius 3 is 2.69 bits per heavy atom. The highest BCUT2D eigenvalue weighted by molar-refractivity contribution is 7.13. The second-order valence-corrected chi connectivity index (χ2v) is 8.17. The fraction of sp³-hybridized carbons (Fsp3) is 0.444. The van der Waals surface area contributed by atoms with Gasteiger partial charge in [-0.1, -0.05) is 0 Å². The first-order valence-corrected chi connectivity index (χ1v) is 9.98. The summed E-state index contributed by atoms with van der Waals surface area (Å²) in [6, 6.07) is 2.31. The zero-order chi connectivity index (χ0) is 20.3. The summed E-state index contributed by atoms with van der Waals surface area (Å²) >= 11 is 1.32. The quantitative estimate of drug-likeness (QED) is 0.661. The van der Waals surface area contributed by atoms with E-state index in [9.17, 15) is 18.3 Å². The highest BCUT2D eigenvalue weighted by atomic mass is 32.1. The van der Waals surface area contributed by atoms with Crippen LogP contribution in [0.4, 0.5) is 19.2 Å². The number of ether oxygens (including phenoxy) is 1. The number of oxazole rings is 1. The molecule has 0 saturated carbocycles. The molecule has 3 aliphatic heterocycles. The highest BCUT2D eigenvalue weighted by Crippen LogP contribution is 2.44. The normalized spacial score (nSPS) is 22.6. The van der Waals surface area contributed by atoms with Gasteiger partial charge in [-0.2, -0.15) is 4.98 Å². The van der Waals surface area contributed by atoms with Gasteiger partial charge in [-0.3, -0.25) is 0 Å².